The standard InChI is InChI=1S/C17H22N4O3S3/c1-20-7-6-13-14(11-20)26-17(18-13)19-16(22)12-4-8-21(9-5-12)27(23,24)15-3-2-10-25-15/h2-3,10,12H,4-9,11H2,1H3,(H,18,19,22). The maximum atomic E-state index is 12.6. The van der Waals surface area contributed by atoms with Crippen LogP contribution < -0.4 is 5.32 Å². The quantitative estimate of drug-likeness (QED) is 0.811. The molecule has 0 spiro atoms. The van der Waals surface area contributed by atoms with Gasteiger partial charge in [0.15, 0.2) is 5.13 Å². The highest BCUT2D eigenvalue weighted by Gasteiger charge is 2.33. The maximum absolute atomic E-state index is 12.6. The lowest BCUT2D eigenvalue weighted by Gasteiger charge is -2.29. The normalized spacial score (nSPS) is 19.7. The molecule has 1 saturated heterocycles. The van der Waals surface area contributed by atoms with Crippen molar-refractivity contribution in [3.8, 4) is 0 Å². The molecule has 2 aliphatic heterocycles. The number of anilines is 1. The Balaban J connectivity index is 1.35. The Morgan fingerprint density at radius 3 is 2.78 bits per heavy atom. The minimum Gasteiger partial charge on any atom is -0.302 e. The van der Waals surface area contributed by atoms with Crippen LogP contribution >= 0.6 is 22.7 Å². The molecule has 0 atom stereocenters. The van der Waals surface area contributed by atoms with E-state index in [9.17, 15) is 13.2 Å². The molecule has 0 bridgehead atoms. The molecule has 7 nitrogen and oxygen atoms in total. The van der Waals surface area contributed by atoms with Crippen LogP contribution in [0.2, 0.25) is 0 Å². The van der Waals surface area contributed by atoms with Gasteiger partial charge in [0.1, 0.15) is 4.21 Å². The summed E-state index contributed by atoms with van der Waals surface area (Å²) in [4.78, 5) is 20.6. The molecule has 0 unspecified atom stereocenters. The van der Waals surface area contributed by atoms with Crippen molar-refractivity contribution in [3.63, 3.8) is 0 Å². The van der Waals surface area contributed by atoms with Gasteiger partial charge < -0.3 is 10.2 Å². The molecular formula is C17H22N4O3S3. The Labute approximate surface area is 167 Å². The van der Waals surface area contributed by atoms with E-state index in [0.717, 1.165) is 25.2 Å². The van der Waals surface area contributed by atoms with Crippen molar-refractivity contribution in [2.24, 2.45) is 5.92 Å². The van der Waals surface area contributed by atoms with Crippen LogP contribution in [-0.2, 0) is 27.8 Å². The zero-order valence-electron chi connectivity index (χ0n) is 15.1. The smallest absolute Gasteiger partial charge is 0.252 e. The summed E-state index contributed by atoms with van der Waals surface area (Å²) >= 11 is 2.77. The van der Waals surface area contributed by atoms with E-state index >= 15 is 0 Å². The molecule has 2 aromatic rings. The first-order chi connectivity index (χ1) is 12.9. The second-order valence-electron chi connectivity index (χ2n) is 6.98. The number of nitrogens with zero attached hydrogens (tertiary/aromatic N) is 3. The number of amides is 1. The monoisotopic (exact) mass is 426 g/mol. The van der Waals surface area contributed by atoms with Gasteiger partial charge in [0, 0.05) is 43.4 Å². The summed E-state index contributed by atoms with van der Waals surface area (Å²) in [5.74, 6) is -0.231. The Kier molecular flexibility index (Phi) is 5.34. The first-order valence-corrected chi connectivity index (χ1v) is 12.1. The number of sulfonamides is 1. The molecule has 0 aliphatic carbocycles. The largest absolute Gasteiger partial charge is 0.302 e. The second-order valence-corrected chi connectivity index (χ2v) is 11.2. The second kappa shape index (κ2) is 7.59. The van der Waals surface area contributed by atoms with Gasteiger partial charge in [0.05, 0.1) is 5.69 Å². The Hall–Kier alpha value is -1.33. The number of aromatic nitrogens is 1. The van der Waals surface area contributed by atoms with E-state index in [1.54, 1.807) is 28.8 Å². The first kappa shape index (κ1) is 19.0. The minimum absolute atomic E-state index is 0.0531. The van der Waals surface area contributed by atoms with Crippen LogP contribution in [0.1, 0.15) is 23.4 Å². The molecule has 4 rings (SSSR count). The molecule has 2 aromatic heterocycles. The van der Waals surface area contributed by atoms with Crippen LogP contribution in [0.3, 0.4) is 0 Å². The Morgan fingerprint density at radius 2 is 2.07 bits per heavy atom. The highest BCUT2D eigenvalue weighted by Crippen LogP contribution is 2.30. The van der Waals surface area contributed by atoms with Crippen LogP contribution in [0.4, 0.5) is 5.13 Å². The van der Waals surface area contributed by atoms with Crippen LogP contribution in [0.15, 0.2) is 21.7 Å². The number of likely N-dealkylation sites (N-methyl/N-ethyl adjacent to an activating group) is 1. The zero-order chi connectivity index (χ0) is 19.0. The van der Waals surface area contributed by atoms with E-state index in [4.69, 9.17) is 0 Å². The van der Waals surface area contributed by atoms with Crippen LogP contribution in [0, 0.1) is 5.92 Å². The van der Waals surface area contributed by atoms with E-state index in [0.29, 0.717) is 35.3 Å². The number of hydrogen-bond acceptors (Lipinski definition) is 7. The minimum atomic E-state index is -3.43. The van der Waals surface area contributed by atoms with Gasteiger partial charge in [-0.3, -0.25) is 4.79 Å². The molecule has 0 aromatic carbocycles. The number of carbonyl (C=O) groups is 1. The zero-order valence-corrected chi connectivity index (χ0v) is 17.5. The van der Waals surface area contributed by atoms with E-state index in [1.165, 1.54) is 20.5 Å². The summed E-state index contributed by atoms with van der Waals surface area (Å²) < 4.78 is 27.0. The number of piperidine rings is 1. The lowest BCUT2D eigenvalue weighted by Crippen LogP contribution is -2.41. The van der Waals surface area contributed by atoms with Gasteiger partial charge in [0.25, 0.3) is 10.0 Å². The molecule has 4 heterocycles. The number of nitrogens with one attached hydrogen (secondary N) is 1. The molecular weight excluding hydrogens is 404 g/mol. The molecule has 1 amide bonds. The third kappa shape index (κ3) is 3.95. The number of thiazole rings is 1. The van der Waals surface area contributed by atoms with E-state index < -0.39 is 10.0 Å². The molecule has 0 radical (unpaired) electrons. The lowest BCUT2D eigenvalue weighted by molar-refractivity contribution is -0.120. The van der Waals surface area contributed by atoms with E-state index in [1.807, 2.05) is 0 Å². The molecule has 1 N–H and O–H groups in total. The number of rotatable bonds is 4. The van der Waals surface area contributed by atoms with Crippen molar-refractivity contribution < 1.29 is 13.2 Å². The van der Waals surface area contributed by atoms with Gasteiger partial charge in [-0.15, -0.1) is 22.7 Å². The third-order valence-electron chi connectivity index (χ3n) is 5.07. The predicted molar refractivity (Wildman–Crippen MR) is 107 cm³/mol. The summed E-state index contributed by atoms with van der Waals surface area (Å²) in [7, 11) is -1.35. The highest BCUT2D eigenvalue weighted by molar-refractivity contribution is 7.91. The average molecular weight is 427 g/mol. The van der Waals surface area contributed by atoms with Gasteiger partial charge in [-0.05, 0) is 31.3 Å². The summed E-state index contributed by atoms with van der Waals surface area (Å²) in [5, 5.41) is 5.37. The Bertz CT molecular complexity index is 915. The molecule has 10 heteroatoms. The van der Waals surface area contributed by atoms with E-state index in [2.05, 4.69) is 22.2 Å². The van der Waals surface area contributed by atoms with Crippen molar-refractivity contribution in [2.45, 2.75) is 30.0 Å². The van der Waals surface area contributed by atoms with Crippen molar-refractivity contribution in [1.82, 2.24) is 14.2 Å². The topological polar surface area (TPSA) is 82.6 Å². The average Bonchev–Trinajstić information content (AvgIpc) is 3.31. The number of hydrogen-bond donors (Lipinski definition) is 1. The van der Waals surface area contributed by atoms with Crippen molar-refractivity contribution in [3.05, 3.63) is 28.1 Å². The van der Waals surface area contributed by atoms with Crippen molar-refractivity contribution in [1.29, 1.82) is 0 Å². The van der Waals surface area contributed by atoms with Crippen LogP contribution in [0.25, 0.3) is 0 Å². The SMILES string of the molecule is CN1CCc2nc(NC(=O)C3CCN(S(=O)(=O)c4cccs4)CC3)sc2C1. The van der Waals surface area contributed by atoms with Gasteiger partial charge in [0.2, 0.25) is 5.91 Å². The first-order valence-electron chi connectivity index (χ1n) is 8.95. The number of carbonyl (C=O) groups excluding carboxylic acids is 1. The maximum Gasteiger partial charge on any atom is 0.252 e. The van der Waals surface area contributed by atoms with Crippen molar-refractivity contribution in [2.75, 3.05) is 32.0 Å². The number of thiophene rings is 1. The molecule has 27 heavy (non-hydrogen) atoms. The fraction of sp³-hybridized carbons (Fsp3) is 0.529. The van der Waals surface area contributed by atoms with Gasteiger partial charge in [-0.1, -0.05) is 6.07 Å². The fourth-order valence-electron chi connectivity index (χ4n) is 3.48. The fourth-order valence-corrected chi connectivity index (χ4v) is 7.19. The number of fused-ring (bicyclic) bond motifs is 1. The predicted octanol–water partition coefficient (Wildman–Crippen LogP) is 2.23. The third-order valence-corrected chi connectivity index (χ3v) is 9.34. The van der Waals surface area contributed by atoms with Crippen molar-refractivity contribution >= 4 is 43.7 Å². The summed E-state index contributed by atoms with van der Waals surface area (Å²) in [5.41, 5.74) is 1.09. The summed E-state index contributed by atoms with van der Waals surface area (Å²) in [6.45, 7) is 2.61. The van der Waals surface area contributed by atoms with Gasteiger partial charge in [-0.2, -0.15) is 4.31 Å². The molecule has 2 aliphatic rings. The summed E-state index contributed by atoms with van der Waals surface area (Å²) in [6.07, 6.45) is 1.98. The Morgan fingerprint density at radius 1 is 1.30 bits per heavy atom. The van der Waals surface area contributed by atoms with Crippen LogP contribution in [0.5, 0.6) is 0 Å². The molecule has 146 valence electrons. The highest BCUT2D eigenvalue weighted by atomic mass is 32.2. The van der Waals surface area contributed by atoms with Gasteiger partial charge >= 0.3 is 0 Å². The lowest BCUT2D eigenvalue weighted by atomic mass is 9.97. The van der Waals surface area contributed by atoms with Crippen LogP contribution in [-0.4, -0.2) is 55.2 Å². The summed E-state index contributed by atoms with van der Waals surface area (Å²) in [6, 6.07) is 3.36. The van der Waals surface area contributed by atoms with E-state index in [-0.39, 0.29) is 11.8 Å². The van der Waals surface area contributed by atoms with Gasteiger partial charge in [-0.25, -0.2) is 13.4 Å². The molecule has 0 saturated carbocycles. The molecule has 1 fully saturated rings.